The summed E-state index contributed by atoms with van der Waals surface area (Å²) in [6.07, 6.45) is 10.5. The molecule has 138 valence electrons. The molecule has 0 heterocycles. The van der Waals surface area contributed by atoms with E-state index in [1.807, 2.05) is 6.92 Å². The van der Waals surface area contributed by atoms with Crippen LogP contribution in [0.2, 0.25) is 23.7 Å². The Kier molecular flexibility index (Phi) is 7.14. The zero-order valence-electron chi connectivity index (χ0n) is 16.3. The van der Waals surface area contributed by atoms with Gasteiger partial charge in [0.1, 0.15) is 0 Å². The first-order chi connectivity index (χ1) is 11.2. The molecule has 3 nitrogen and oxygen atoms in total. The number of rotatable bonds is 7. The van der Waals surface area contributed by atoms with Gasteiger partial charge in [-0.25, -0.2) is 0 Å². The van der Waals surface area contributed by atoms with Crippen molar-refractivity contribution in [1.29, 1.82) is 0 Å². The van der Waals surface area contributed by atoms with Gasteiger partial charge >= 0.3 is 0 Å². The van der Waals surface area contributed by atoms with Crippen molar-refractivity contribution >= 4 is 24.0 Å². The Morgan fingerprint density at radius 3 is 1.96 bits per heavy atom. The van der Waals surface area contributed by atoms with E-state index in [2.05, 4.69) is 27.3 Å². The van der Waals surface area contributed by atoms with E-state index in [0.717, 1.165) is 6.04 Å². The van der Waals surface area contributed by atoms with Gasteiger partial charge in [-0.2, -0.15) is 0 Å². The molecule has 2 saturated carbocycles. The van der Waals surface area contributed by atoms with Crippen molar-refractivity contribution in [3.05, 3.63) is 0 Å². The molecule has 0 aromatic heterocycles. The zero-order valence-corrected chi connectivity index (χ0v) is 18.3. The van der Waals surface area contributed by atoms with E-state index in [9.17, 15) is 4.79 Å². The monoisotopic (exact) mass is 368 g/mol. The first-order valence-corrected chi connectivity index (χ1v) is 13.5. The van der Waals surface area contributed by atoms with Crippen LogP contribution < -0.4 is 0 Å². The molecule has 0 N–H and O–H groups in total. The van der Waals surface area contributed by atoms with Crippen LogP contribution in [0.25, 0.3) is 0 Å². The normalized spacial score (nSPS) is 22.0. The van der Waals surface area contributed by atoms with Crippen molar-refractivity contribution in [2.24, 2.45) is 5.92 Å². The summed E-state index contributed by atoms with van der Waals surface area (Å²) < 4.78 is 12.2. The fourth-order valence-electron chi connectivity index (χ4n) is 4.28. The maximum Gasteiger partial charge on any atom is 0.295 e. The molecule has 5 heteroatoms. The lowest BCUT2D eigenvalue weighted by atomic mass is 10.2. The Balaban J connectivity index is 1.93. The van der Waals surface area contributed by atoms with Crippen LogP contribution in [0, 0.1) is 5.92 Å². The summed E-state index contributed by atoms with van der Waals surface area (Å²) >= 11 is 0. The maximum absolute atomic E-state index is 12.8. The van der Waals surface area contributed by atoms with Crippen LogP contribution >= 0.6 is 0 Å². The Morgan fingerprint density at radius 1 is 1.08 bits per heavy atom. The van der Waals surface area contributed by atoms with Gasteiger partial charge in [0.05, 0.1) is 5.92 Å². The third-order valence-corrected chi connectivity index (χ3v) is 12.4. The van der Waals surface area contributed by atoms with E-state index in [4.69, 9.17) is 8.85 Å². The lowest BCUT2D eigenvalue weighted by Gasteiger charge is -2.38. The summed E-state index contributed by atoms with van der Waals surface area (Å²) in [4.78, 5) is 12.8. The summed E-state index contributed by atoms with van der Waals surface area (Å²) in [5.41, 5.74) is 1.27. The largest absolute Gasteiger partial charge is 0.519 e. The van der Waals surface area contributed by atoms with Gasteiger partial charge in [-0.15, -0.1) is 0 Å². The summed E-state index contributed by atoms with van der Waals surface area (Å²) in [5, 5.41) is 0. The molecule has 0 aromatic rings. The van der Waals surface area contributed by atoms with Crippen molar-refractivity contribution in [3.8, 4) is 0 Å². The van der Waals surface area contributed by atoms with E-state index in [-0.39, 0.29) is 17.5 Å². The lowest BCUT2D eigenvalue weighted by molar-refractivity contribution is -0.139. The average molecular weight is 369 g/mol. The topological polar surface area (TPSA) is 35.5 Å². The van der Waals surface area contributed by atoms with Gasteiger partial charge < -0.3 is 8.85 Å². The van der Waals surface area contributed by atoms with E-state index in [1.54, 1.807) is 0 Å². The van der Waals surface area contributed by atoms with Crippen LogP contribution in [0.4, 0.5) is 0 Å². The van der Waals surface area contributed by atoms with Crippen LogP contribution in [0.1, 0.15) is 79.1 Å². The second kappa shape index (κ2) is 8.50. The molecule has 1 atom stereocenters. The average Bonchev–Trinajstić information content (AvgIpc) is 3.19. The number of carbonyl (C=O) groups is 1. The fourth-order valence-corrected chi connectivity index (χ4v) is 9.96. The summed E-state index contributed by atoms with van der Waals surface area (Å²) in [6, 6.07) is 0.788. The van der Waals surface area contributed by atoms with Gasteiger partial charge in [0, 0.05) is 5.60 Å². The first-order valence-electron chi connectivity index (χ1n) is 9.86. The molecular formula is C19H36O3Si2. The molecule has 0 bridgehead atoms. The zero-order chi connectivity index (χ0) is 17.8. The van der Waals surface area contributed by atoms with E-state index in [1.165, 1.54) is 51.4 Å². The van der Waals surface area contributed by atoms with Crippen molar-refractivity contribution in [3.63, 3.8) is 0 Å². The third-order valence-electron chi connectivity index (χ3n) is 5.82. The van der Waals surface area contributed by atoms with E-state index in [0.29, 0.717) is 20.8 Å². The van der Waals surface area contributed by atoms with Crippen LogP contribution in [-0.2, 0) is 13.6 Å². The number of hydrogen-bond donors (Lipinski definition) is 0. The van der Waals surface area contributed by atoms with Gasteiger partial charge in [0.2, 0.25) is 9.76 Å². The lowest BCUT2D eigenvalue weighted by Crippen LogP contribution is -2.46. The summed E-state index contributed by atoms with van der Waals surface area (Å²) in [7, 11) is -1.60. The standard InChI is InChI=1S/C19H36O3Si2/c1-15(14-23-22-19(2,3)4)18(20)21-24(5,16-10-6-7-11-16)17-12-8-9-13-17/h15-17H,6-14H2,1-5H3. The predicted molar refractivity (Wildman–Crippen MR) is 103 cm³/mol. The van der Waals surface area contributed by atoms with Gasteiger partial charge in [0.15, 0.2) is 0 Å². The Bertz CT molecular complexity index is 391. The smallest absolute Gasteiger partial charge is 0.295 e. The number of hydrogen-bond acceptors (Lipinski definition) is 3. The second-order valence-corrected chi connectivity index (χ2v) is 14.1. The molecule has 0 amide bonds. The minimum absolute atomic E-state index is 0.0414. The quantitative estimate of drug-likeness (QED) is 0.558. The van der Waals surface area contributed by atoms with E-state index < -0.39 is 8.32 Å². The summed E-state index contributed by atoms with van der Waals surface area (Å²) in [6.45, 7) is 10.6. The van der Waals surface area contributed by atoms with Crippen molar-refractivity contribution < 1.29 is 13.6 Å². The predicted octanol–water partition coefficient (Wildman–Crippen LogP) is 5.48. The fraction of sp³-hybridized carbons (Fsp3) is 0.947. The molecule has 0 spiro atoms. The first kappa shape index (κ1) is 20.2. The molecule has 24 heavy (non-hydrogen) atoms. The van der Waals surface area contributed by atoms with Gasteiger partial charge in [-0.1, -0.05) is 32.6 Å². The van der Waals surface area contributed by atoms with Crippen molar-refractivity contribution in [2.75, 3.05) is 0 Å². The maximum atomic E-state index is 12.8. The molecule has 0 aliphatic heterocycles. The molecule has 2 aliphatic rings. The molecule has 0 saturated heterocycles. The highest BCUT2D eigenvalue weighted by atomic mass is 28.4. The Morgan fingerprint density at radius 2 is 1.54 bits per heavy atom. The van der Waals surface area contributed by atoms with Crippen molar-refractivity contribution in [1.82, 2.24) is 0 Å². The Hall–Kier alpha value is -0.136. The third kappa shape index (κ3) is 5.43. The SMILES string of the molecule is CC(C[Si]OC(C)(C)C)C(=O)O[Si](C)(C1CCCC1)C1CCCC1. The molecule has 1 unspecified atom stereocenters. The number of carbonyl (C=O) groups excluding carboxylic acids is 1. The summed E-state index contributed by atoms with van der Waals surface area (Å²) in [5.74, 6) is 0.00768. The highest BCUT2D eigenvalue weighted by Crippen LogP contribution is 2.50. The van der Waals surface area contributed by atoms with Gasteiger partial charge in [-0.3, -0.25) is 4.79 Å². The molecular weight excluding hydrogens is 332 g/mol. The van der Waals surface area contributed by atoms with Crippen LogP contribution in [0.3, 0.4) is 0 Å². The highest BCUT2D eigenvalue weighted by molar-refractivity contribution is 6.76. The minimum atomic E-state index is -1.97. The van der Waals surface area contributed by atoms with Crippen LogP contribution in [0.5, 0.6) is 0 Å². The van der Waals surface area contributed by atoms with E-state index >= 15 is 0 Å². The second-order valence-electron chi connectivity index (χ2n) is 9.03. The molecule has 0 aromatic carbocycles. The highest BCUT2D eigenvalue weighted by Gasteiger charge is 2.50. The van der Waals surface area contributed by atoms with Crippen molar-refractivity contribution in [2.45, 2.75) is 108 Å². The minimum Gasteiger partial charge on any atom is -0.519 e. The molecule has 2 fully saturated rings. The Labute approximate surface area is 152 Å². The molecule has 2 radical (unpaired) electrons. The van der Waals surface area contributed by atoms with Gasteiger partial charge in [-0.05, 0) is 70.1 Å². The van der Waals surface area contributed by atoms with Crippen LogP contribution in [-0.4, -0.2) is 29.7 Å². The molecule has 2 rings (SSSR count). The van der Waals surface area contributed by atoms with Crippen LogP contribution in [0.15, 0.2) is 0 Å². The molecule has 2 aliphatic carbocycles. The van der Waals surface area contributed by atoms with Gasteiger partial charge in [0.25, 0.3) is 14.3 Å².